The van der Waals surface area contributed by atoms with E-state index in [9.17, 15) is 0 Å². The van der Waals surface area contributed by atoms with Gasteiger partial charge in [-0.25, -0.2) is 0 Å². The predicted octanol–water partition coefficient (Wildman–Crippen LogP) is 5.05. The van der Waals surface area contributed by atoms with Crippen LogP contribution in [0.25, 0.3) is 22.6 Å². The normalized spacial score (nSPS) is 12.7. The van der Waals surface area contributed by atoms with Crippen molar-refractivity contribution < 1.29 is 9.47 Å². The van der Waals surface area contributed by atoms with Gasteiger partial charge in [0.2, 0.25) is 0 Å². The first-order valence-electron chi connectivity index (χ1n) is 7.32. The number of aryl methyl sites for hydroxylation is 1. The van der Waals surface area contributed by atoms with E-state index in [-0.39, 0.29) is 0 Å². The molecule has 0 radical (unpaired) electrons. The average molecular weight is 288 g/mol. The van der Waals surface area contributed by atoms with E-state index >= 15 is 0 Å². The molecule has 0 aromatic heterocycles. The lowest BCUT2D eigenvalue weighted by molar-refractivity contribution is 0.414. The third-order valence-corrected chi connectivity index (χ3v) is 4.10. The first kappa shape index (κ1) is 13.0. The van der Waals surface area contributed by atoms with Crippen LogP contribution in [-0.4, -0.2) is 7.11 Å². The molecule has 0 saturated carbocycles. The second kappa shape index (κ2) is 4.92. The van der Waals surface area contributed by atoms with Crippen LogP contribution in [0.5, 0.6) is 11.5 Å². The van der Waals surface area contributed by atoms with Crippen molar-refractivity contribution in [2.24, 2.45) is 0 Å². The molecule has 108 valence electrons. The quantitative estimate of drug-likeness (QED) is 0.657. The summed E-state index contributed by atoms with van der Waals surface area (Å²) < 4.78 is 11.4. The zero-order valence-corrected chi connectivity index (χ0v) is 12.6. The van der Waals surface area contributed by atoms with Gasteiger partial charge in [0.15, 0.2) is 0 Å². The van der Waals surface area contributed by atoms with Crippen LogP contribution in [-0.2, 0) is 0 Å². The minimum Gasteiger partial charge on any atom is -0.497 e. The van der Waals surface area contributed by atoms with Crippen LogP contribution in [0.1, 0.15) is 16.7 Å². The van der Waals surface area contributed by atoms with Crippen LogP contribution in [0, 0.1) is 6.92 Å². The van der Waals surface area contributed by atoms with Gasteiger partial charge in [-0.3, -0.25) is 0 Å². The first-order chi connectivity index (χ1) is 10.8. The zero-order chi connectivity index (χ0) is 15.1. The molecule has 3 aromatic rings. The van der Waals surface area contributed by atoms with Crippen LogP contribution in [0.2, 0.25) is 0 Å². The summed E-state index contributed by atoms with van der Waals surface area (Å²) in [5.41, 5.74) is 3.40. The second-order valence-electron chi connectivity index (χ2n) is 5.50. The Balaban J connectivity index is 1.88. The smallest absolute Gasteiger partial charge is 0.138 e. The minimum absolute atomic E-state index is 0.846. The Morgan fingerprint density at radius 2 is 1.73 bits per heavy atom. The fourth-order valence-corrected chi connectivity index (χ4v) is 2.91. The Bertz CT molecular complexity index is 889. The Hall–Kier alpha value is -2.74. The van der Waals surface area contributed by atoms with E-state index in [4.69, 9.17) is 9.47 Å². The van der Waals surface area contributed by atoms with Crippen molar-refractivity contribution in [2.45, 2.75) is 6.92 Å². The van der Waals surface area contributed by atoms with Crippen molar-refractivity contribution in [3.05, 3.63) is 71.3 Å². The largest absolute Gasteiger partial charge is 0.497 e. The van der Waals surface area contributed by atoms with Gasteiger partial charge in [-0.2, -0.15) is 0 Å². The first-order valence-corrected chi connectivity index (χ1v) is 7.32. The Morgan fingerprint density at radius 1 is 0.909 bits per heavy atom. The van der Waals surface area contributed by atoms with Crippen molar-refractivity contribution in [3.8, 4) is 11.5 Å². The van der Waals surface area contributed by atoms with Gasteiger partial charge in [-0.15, -0.1) is 0 Å². The maximum atomic E-state index is 6.21. The van der Waals surface area contributed by atoms with Gasteiger partial charge in [0, 0.05) is 10.9 Å². The summed E-state index contributed by atoms with van der Waals surface area (Å²) >= 11 is 0. The summed E-state index contributed by atoms with van der Waals surface area (Å²) in [7, 11) is 1.67. The molecule has 0 bridgehead atoms. The number of ether oxygens (including phenoxy) is 2. The third-order valence-electron chi connectivity index (χ3n) is 4.10. The van der Waals surface area contributed by atoms with Crippen LogP contribution in [0.3, 0.4) is 0 Å². The lowest BCUT2D eigenvalue weighted by Gasteiger charge is -2.21. The Labute approximate surface area is 129 Å². The Kier molecular flexibility index (Phi) is 2.90. The topological polar surface area (TPSA) is 18.5 Å². The number of hydrogen-bond acceptors (Lipinski definition) is 2. The molecule has 0 spiro atoms. The molecule has 3 aromatic carbocycles. The fraction of sp³-hybridized carbons (Fsp3) is 0.100. The van der Waals surface area contributed by atoms with E-state index in [1.807, 2.05) is 24.3 Å². The van der Waals surface area contributed by atoms with Crippen molar-refractivity contribution in [2.75, 3.05) is 7.11 Å². The minimum atomic E-state index is 0.846. The maximum Gasteiger partial charge on any atom is 0.138 e. The molecular formula is C20H16O2. The van der Waals surface area contributed by atoms with E-state index in [0.29, 0.717) is 0 Å². The number of benzene rings is 3. The van der Waals surface area contributed by atoms with E-state index in [2.05, 4.69) is 43.3 Å². The standard InChI is InChI=1S/C20H16O2/c1-13-6-7-15-4-3-5-16-12-18(22-20(13)19(15)16)14-8-10-17(21-2)11-9-14/h3-12H,1-2H3. The molecule has 0 atom stereocenters. The third kappa shape index (κ3) is 1.96. The molecule has 1 heterocycles. The van der Waals surface area contributed by atoms with E-state index in [0.717, 1.165) is 28.4 Å². The van der Waals surface area contributed by atoms with Crippen LogP contribution in [0.4, 0.5) is 0 Å². The van der Waals surface area contributed by atoms with Gasteiger partial charge in [0.05, 0.1) is 7.11 Å². The van der Waals surface area contributed by atoms with Gasteiger partial charge in [0.1, 0.15) is 17.3 Å². The van der Waals surface area contributed by atoms with Crippen LogP contribution >= 0.6 is 0 Å². The summed E-state index contributed by atoms with van der Waals surface area (Å²) in [4.78, 5) is 0. The molecule has 2 heteroatoms. The maximum absolute atomic E-state index is 6.21. The summed E-state index contributed by atoms with van der Waals surface area (Å²) in [6, 6.07) is 18.5. The molecule has 0 fully saturated rings. The van der Waals surface area contributed by atoms with Gasteiger partial charge in [0.25, 0.3) is 0 Å². The monoisotopic (exact) mass is 288 g/mol. The zero-order valence-electron chi connectivity index (χ0n) is 12.6. The number of methoxy groups -OCH3 is 1. The van der Waals surface area contributed by atoms with Crippen molar-refractivity contribution in [3.63, 3.8) is 0 Å². The fourth-order valence-electron chi connectivity index (χ4n) is 2.91. The summed E-state index contributed by atoms with van der Waals surface area (Å²) in [6.07, 6.45) is 2.11. The lowest BCUT2D eigenvalue weighted by atomic mass is 9.97. The molecule has 0 saturated heterocycles. The Morgan fingerprint density at radius 3 is 2.50 bits per heavy atom. The molecule has 0 unspecified atom stereocenters. The van der Waals surface area contributed by atoms with Gasteiger partial charge < -0.3 is 9.47 Å². The van der Waals surface area contributed by atoms with E-state index in [1.165, 1.54) is 16.3 Å². The second-order valence-corrected chi connectivity index (χ2v) is 5.50. The van der Waals surface area contributed by atoms with Crippen molar-refractivity contribution in [1.29, 1.82) is 0 Å². The highest BCUT2D eigenvalue weighted by molar-refractivity contribution is 6.02. The molecule has 4 rings (SSSR count). The van der Waals surface area contributed by atoms with Gasteiger partial charge in [-0.1, -0.05) is 30.3 Å². The molecule has 2 nitrogen and oxygen atoms in total. The average Bonchev–Trinajstić information content (AvgIpc) is 2.58. The highest BCUT2D eigenvalue weighted by Gasteiger charge is 2.18. The summed E-state index contributed by atoms with van der Waals surface area (Å²) in [5, 5.41) is 2.41. The lowest BCUT2D eigenvalue weighted by Crippen LogP contribution is -2.02. The number of hydrogen-bond donors (Lipinski definition) is 0. The predicted molar refractivity (Wildman–Crippen MR) is 90.2 cm³/mol. The number of rotatable bonds is 2. The molecule has 0 N–H and O–H groups in total. The summed E-state index contributed by atoms with van der Waals surface area (Å²) in [6.45, 7) is 2.09. The molecule has 0 aliphatic carbocycles. The molecule has 1 aliphatic heterocycles. The summed E-state index contributed by atoms with van der Waals surface area (Å²) in [5.74, 6) is 2.68. The van der Waals surface area contributed by atoms with Crippen molar-refractivity contribution >= 4 is 22.6 Å². The van der Waals surface area contributed by atoms with Crippen molar-refractivity contribution in [1.82, 2.24) is 0 Å². The molecule has 0 amide bonds. The highest BCUT2D eigenvalue weighted by atomic mass is 16.5. The van der Waals surface area contributed by atoms with E-state index < -0.39 is 0 Å². The highest BCUT2D eigenvalue weighted by Crippen LogP contribution is 2.40. The molecule has 22 heavy (non-hydrogen) atoms. The van der Waals surface area contributed by atoms with Crippen LogP contribution < -0.4 is 9.47 Å². The van der Waals surface area contributed by atoms with Gasteiger partial charge in [-0.05, 0) is 53.8 Å². The SMILES string of the molecule is COc1ccc(C2=Cc3cccc4ccc(C)c(c34)O2)cc1. The van der Waals surface area contributed by atoms with Crippen LogP contribution in [0.15, 0.2) is 54.6 Å². The molecular weight excluding hydrogens is 272 g/mol. The van der Waals surface area contributed by atoms with Gasteiger partial charge >= 0.3 is 0 Å². The molecule has 1 aliphatic rings. The van der Waals surface area contributed by atoms with E-state index in [1.54, 1.807) is 7.11 Å².